The van der Waals surface area contributed by atoms with E-state index < -0.39 is 0 Å². The Labute approximate surface area is 194 Å². The van der Waals surface area contributed by atoms with Gasteiger partial charge in [0.2, 0.25) is 5.91 Å². The zero-order valence-electron chi connectivity index (χ0n) is 19.5. The smallest absolute Gasteiger partial charge is 0.234 e. The first-order chi connectivity index (χ1) is 15.5. The Hall–Kier alpha value is -2.80. The number of hydrogen-bond acceptors (Lipinski definition) is 5. The van der Waals surface area contributed by atoms with Crippen molar-refractivity contribution < 1.29 is 9.53 Å². The summed E-state index contributed by atoms with van der Waals surface area (Å²) in [4.78, 5) is 12.6. The van der Waals surface area contributed by atoms with Crippen LogP contribution < -0.4 is 10.1 Å². The number of aromatic nitrogens is 3. The van der Waals surface area contributed by atoms with Crippen LogP contribution in [0.1, 0.15) is 56.3 Å². The van der Waals surface area contributed by atoms with Crippen LogP contribution >= 0.6 is 11.8 Å². The molecule has 0 bridgehead atoms. The van der Waals surface area contributed by atoms with E-state index in [4.69, 9.17) is 4.74 Å². The van der Waals surface area contributed by atoms with E-state index in [1.807, 2.05) is 55.7 Å². The monoisotopic (exact) mass is 452 g/mol. The van der Waals surface area contributed by atoms with E-state index in [9.17, 15) is 4.79 Å². The van der Waals surface area contributed by atoms with Gasteiger partial charge in [-0.25, -0.2) is 0 Å². The minimum absolute atomic E-state index is 0.0495. The molecule has 1 atom stereocenters. The van der Waals surface area contributed by atoms with Crippen LogP contribution in [-0.2, 0) is 24.2 Å². The number of amides is 1. The molecule has 170 valence electrons. The summed E-state index contributed by atoms with van der Waals surface area (Å²) in [7, 11) is 0. The average molecular weight is 453 g/mol. The molecule has 7 heteroatoms. The van der Waals surface area contributed by atoms with Crippen LogP contribution in [0.3, 0.4) is 0 Å². The topological polar surface area (TPSA) is 69.0 Å². The molecule has 0 aliphatic heterocycles. The van der Waals surface area contributed by atoms with Crippen molar-refractivity contribution in [2.75, 3.05) is 11.1 Å². The van der Waals surface area contributed by atoms with Gasteiger partial charge in [-0.15, -0.1) is 10.2 Å². The first-order valence-electron chi connectivity index (χ1n) is 11.2. The number of ether oxygens (including phenoxy) is 1. The predicted molar refractivity (Wildman–Crippen MR) is 130 cm³/mol. The highest BCUT2D eigenvalue weighted by Gasteiger charge is 2.20. The van der Waals surface area contributed by atoms with Crippen LogP contribution in [0, 0.1) is 6.92 Å². The lowest BCUT2D eigenvalue weighted by Crippen LogP contribution is -2.17. The Bertz CT molecular complexity index is 1050. The van der Waals surface area contributed by atoms with Crippen molar-refractivity contribution >= 4 is 23.4 Å². The Kier molecular flexibility index (Phi) is 8.33. The summed E-state index contributed by atoms with van der Waals surface area (Å²) >= 11 is 1.39. The molecule has 0 aliphatic rings. The second kappa shape index (κ2) is 11.2. The molecule has 0 saturated carbocycles. The summed E-state index contributed by atoms with van der Waals surface area (Å²) in [5.74, 6) is 1.77. The Balaban J connectivity index is 1.65. The minimum atomic E-state index is -0.253. The van der Waals surface area contributed by atoms with Gasteiger partial charge in [-0.3, -0.25) is 4.79 Å². The number of thioether (sulfide) groups is 1. The normalized spacial score (nSPS) is 11.9. The lowest BCUT2D eigenvalue weighted by atomic mass is 10.1. The molecular formula is C25H32N4O2S. The molecule has 3 aromatic rings. The van der Waals surface area contributed by atoms with Gasteiger partial charge in [-0.05, 0) is 62.4 Å². The van der Waals surface area contributed by atoms with Gasteiger partial charge in [0.05, 0.1) is 5.75 Å². The van der Waals surface area contributed by atoms with E-state index in [0.717, 1.165) is 46.4 Å². The van der Waals surface area contributed by atoms with Gasteiger partial charge in [-0.2, -0.15) is 0 Å². The van der Waals surface area contributed by atoms with E-state index in [2.05, 4.69) is 41.5 Å². The molecule has 3 rings (SSSR count). The Morgan fingerprint density at radius 2 is 1.84 bits per heavy atom. The molecule has 0 saturated heterocycles. The fourth-order valence-electron chi connectivity index (χ4n) is 3.57. The molecule has 1 N–H and O–H groups in total. The predicted octanol–water partition coefficient (Wildman–Crippen LogP) is 5.60. The first kappa shape index (κ1) is 23.9. The number of aryl methyl sites for hydroxylation is 3. The summed E-state index contributed by atoms with van der Waals surface area (Å²) < 4.78 is 8.10. The highest BCUT2D eigenvalue weighted by Crippen LogP contribution is 2.26. The average Bonchev–Trinajstić information content (AvgIpc) is 3.22. The molecule has 1 amide bonds. The maximum atomic E-state index is 12.6. The Morgan fingerprint density at radius 3 is 2.50 bits per heavy atom. The van der Waals surface area contributed by atoms with Gasteiger partial charge in [0, 0.05) is 12.2 Å². The van der Waals surface area contributed by atoms with Crippen molar-refractivity contribution in [3.05, 3.63) is 65.0 Å². The number of anilines is 1. The van der Waals surface area contributed by atoms with Crippen LogP contribution in [0.4, 0.5) is 5.69 Å². The largest absolute Gasteiger partial charge is 0.483 e. The molecule has 0 unspecified atom stereocenters. The molecular weight excluding hydrogens is 420 g/mol. The highest BCUT2D eigenvalue weighted by atomic mass is 32.2. The first-order valence-corrected chi connectivity index (χ1v) is 12.1. The second-order valence-corrected chi connectivity index (χ2v) is 8.58. The maximum Gasteiger partial charge on any atom is 0.234 e. The number of benzene rings is 2. The number of nitrogens with zero attached hydrogens (tertiary/aromatic N) is 3. The quantitative estimate of drug-likeness (QED) is 0.405. The summed E-state index contributed by atoms with van der Waals surface area (Å²) in [5, 5.41) is 12.5. The van der Waals surface area contributed by atoms with Gasteiger partial charge in [0.15, 0.2) is 17.1 Å². The minimum Gasteiger partial charge on any atom is -0.483 e. The lowest BCUT2D eigenvalue weighted by Gasteiger charge is -2.16. The van der Waals surface area contributed by atoms with Crippen LogP contribution in [0.2, 0.25) is 0 Å². The zero-order chi connectivity index (χ0) is 23.1. The number of para-hydroxylation sites is 1. The number of carbonyl (C=O) groups excluding carboxylic acids is 1. The molecule has 2 aromatic carbocycles. The van der Waals surface area contributed by atoms with E-state index >= 15 is 0 Å². The third-order valence-electron chi connectivity index (χ3n) is 5.41. The molecule has 32 heavy (non-hydrogen) atoms. The second-order valence-electron chi connectivity index (χ2n) is 7.64. The van der Waals surface area contributed by atoms with Crippen LogP contribution in [0.25, 0.3) is 0 Å². The van der Waals surface area contributed by atoms with E-state index in [0.29, 0.717) is 6.54 Å². The zero-order valence-corrected chi connectivity index (χ0v) is 20.3. The number of hydrogen-bond donors (Lipinski definition) is 1. The van der Waals surface area contributed by atoms with Gasteiger partial charge in [0.1, 0.15) is 5.75 Å². The van der Waals surface area contributed by atoms with Crippen LogP contribution in [-0.4, -0.2) is 26.4 Å². The third-order valence-corrected chi connectivity index (χ3v) is 6.37. The van der Waals surface area contributed by atoms with Gasteiger partial charge >= 0.3 is 0 Å². The molecule has 0 spiro atoms. The molecule has 0 aliphatic carbocycles. The molecule has 1 heterocycles. The van der Waals surface area contributed by atoms with Crippen molar-refractivity contribution in [3.8, 4) is 5.75 Å². The molecule has 6 nitrogen and oxygen atoms in total. The maximum absolute atomic E-state index is 12.6. The van der Waals surface area contributed by atoms with E-state index in [1.54, 1.807) is 0 Å². The van der Waals surface area contributed by atoms with Gasteiger partial charge in [0.25, 0.3) is 0 Å². The number of rotatable bonds is 10. The summed E-state index contributed by atoms with van der Waals surface area (Å²) in [6, 6.07) is 14.2. The van der Waals surface area contributed by atoms with Gasteiger partial charge in [-0.1, -0.05) is 55.9 Å². The van der Waals surface area contributed by atoms with Gasteiger partial charge < -0.3 is 14.6 Å². The lowest BCUT2D eigenvalue weighted by molar-refractivity contribution is -0.113. The molecule has 0 fully saturated rings. The Morgan fingerprint density at radius 1 is 1.09 bits per heavy atom. The van der Waals surface area contributed by atoms with Crippen molar-refractivity contribution in [1.29, 1.82) is 0 Å². The van der Waals surface area contributed by atoms with Crippen molar-refractivity contribution in [2.45, 2.75) is 65.3 Å². The van der Waals surface area contributed by atoms with Crippen molar-refractivity contribution in [1.82, 2.24) is 14.8 Å². The third kappa shape index (κ3) is 5.71. The van der Waals surface area contributed by atoms with Crippen molar-refractivity contribution in [2.24, 2.45) is 0 Å². The number of carbonyl (C=O) groups is 1. The van der Waals surface area contributed by atoms with E-state index in [1.165, 1.54) is 17.3 Å². The fraction of sp³-hybridized carbons (Fsp3) is 0.400. The van der Waals surface area contributed by atoms with Crippen molar-refractivity contribution in [3.63, 3.8) is 0 Å². The SMILES string of the molecule is CCc1ccc(O[C@H](C)c2nnc(SCC(=O)Nc3c(C)cccc3CC)n2CC)cc1. The fourth-order valence-corrected chi connectivity index (χ4v) is 4.38. The standard InChI is InChI=1S/C25H32N4O2S/c1-6-19-12-14-21(15-13-19)31-18(5)24-27-28-25(29(24)8-3)32-16-22(30)26-23-17(4)10-9-11-20(23)7-2/h9-15,18H,6-8,16H2,1-5H3,(H,26,30)/t18-/m1/s1. The molecule has 0 radical (unpaired) electrons. The summed E-state index contributed by atoms with van der Waals surface area (Å²) in [5.41, 5.74) is 4.39. The highest BCUT2D eigenvalue weighted by molar-refractivity contribution is 7.99. The van der Waals surface area contributed by atoms with Crippen LogP contribution in [0.5, 0.6) is 5.75 Å². The summed E-state index contributed by atoms with van der Waals surface area (Å²) in [6.45, 7) is 10.9. The summed E-state index contributed by atoms with van der Waals surface area (Å²) in [6.07, 6.45) is 1.62. The van der Waals surface area contributed by atoms with Crippen LogP contribution in [0.15, 0.2) is 47.6 Å². The van der Waals surface area contributed by atoms with E-state index in [-0.39, 0.29) is 17.8 Å². The molecule has 1 aromatic heterocycles. The number of nitrogens with one attached hydrogen (secondary N) is 1.